The lowest BCUT2D eigenvalue weighted by Crippen LogP contribution is -2.61. The summed E-state index contributed by atoms with van der Waals surface area (Å²) in [5.41, 5.74) is 0.985. The molecule has 5 nitrogen and oxygen atoms in total. The number of fused-ring (bicyclic) bond motifs is 1. The van der Waals surface area contributed by atoms with Crippen LogP contribution in [0.25, 0.3) is 0 Å². The van der Waals surface area contributed by atoms with Gasteiger partial charge in [-0.2, -0.15) is 0 Å². The van der Waals surface area contributed by atoms with Gasteiger partial charge in [0.15, 0.2) is 5.11 Å². The van der Waals surface area contributed by atoms with Crippen LogP contribution in [-0.2, 0) is 16.1 Å². The molecular weight excluding hydrogens is 382 g/mol. The second-order valence-electron chi connectivity index (χ2n) is 7.37. The predicted octanol–water partition coefficient (Wildman–Crippen LogP) is 3.26. The Hall–Kier alpha value is -1.66. The summed E-state index contributed by atoms with van der Waals surface area (Å²) in [4.78, 5) is 27.0. The molecule has 2 N–H and O–H groups in total. The number of amides is 2. The van der Waals surface area contributed by atoms with E-state index in [1.807, 2.05) is 24.3 Å². The summed E-state index contributed by atoms with van der Waals surface area (Å²) in [7, 11) is 0. The Morgan fingerprint density at radius 1 is 1.33 bits per heavy atom. The lowest BCUT2D eigenvalue weighted by molar-refractivity contribution is -0.138. The largest absolute Gasteiger partial charge is 0.359 e. The van der Waals surface area contributed by atoms with Crippen molar-refractivity contribution in [3.63, 3.8) is 0 Å². The summed E-state index contributed by atoms with van der Waals surface area (Å²) in [5.74, 6) is -0.00749. The monoisotopic (exact) mass is 407 g/mol. The molecule has 1 aliphatic carbocycles. The van der Waals surface area contributed by atoms with E-state index in [-0.39, 0.29) is 29.7 Å². The zero-order valence-corrected chi connectivity index (χ0v) is 17.1. The molecule has 0 spiro atoms. The van der Waals surface area contributed by atoms with Gasteiger partial charge >= 0.3 is 0 Å². The van der Waals surface area contributed by atoms with Gasteiger partial charge in [-0.15, -0.1) is 0 Å². The molecule has 27 heavy (non-hydrogen) atoms. The minimum atomic E-state index is -0.122. The molecule has 2 aliphatic rings. The zero-order chi connectivity index (χ0) is 19.4. The SMILES string of the molecule is CCCCNC(=O)C1CCC2C(=O)N(Cc3ccc(Cl)cc3)C(=S)NC2C1. The van der Waals surface area contributed by atoms with Crippen LogP contribution in [0.15, 0.2) is 24.3 Å². The highest BCUT2D eigenvalue weighted by atomic mass is 35.5. The van der Waals surface area contributed by atoms with Crippen molar-refractivity contribution in [1.29, 1.82) is 0 Å². The second-order valence-corrected chi connectivity index (χ2v) is 8.19. The van der Waals surface area contributed by atoms with Crippen molar-refractivity contribution in [2.75, 3.05) is 6.54 Å². The molecule has 2 amide bonds. The van der Waals surface area contributed by atoms with Gasteiger partial charge in [0, 0.05) is 23.5 Å². The molecule has 1 aromatic rings. The van der Waals surface area contributed by atoms with Crippen LogP contribution >= 0.6 is 23.8 Å². The number of thiocarbonyl (C=S) groups is 1. The Morgan fingerprint density at radius 3 is 2.78 bits per heavy atom. The molecule has 146 valence electrons. The highest BCUT2D eigenvalue weighted by Gasteiger charge is 2.43. The molecule has 0 bridgehead atoms. The minimum absolute atomic E-state index is 0.0472. The molecule has 3 unspecified atom stereocenters. The van der Waals surface area contributed by atoms with Gasteiger partial charge in [0.1, 0.15) is 0 Å². The third kappa shape index (κ3) is 4.79. The predicted molar refractivity (Wildman–Crippen MR) is 110 cm³/mol. The van der Waals surface area contributed by atoms with Gasteiger partial charge < -0.3 is 10.6 Å². The number of hydrogen-bond donors (Lipinski definition) is 2. The fourth-order valence-corrected chi connectivity index (χ4v) is 4.29. The second kappa shape index (κ2) is 9.02. The van der Waals surface area contributed by atoms with E-state index < -0.39 is 0 Å². The first kappa shape index (κ1) is 20.1. The molecule has 0 radical (unpaired) electrons. The van der Waals surface area contributed by atoms with Crippen LogP contribution in [0, 0.1) is 11.8 Å². The third-order valence-corrected chi connectivity index (χ3v) is 6.03. The first-order valence-corrected chi connectivity index (χ1v) is 10.4. The van der Waals surface area contributed by atoms with E-state index in [4.69, 9.17) is 23.8 Å². The Bertz CT molecular complexity index is 710. The van der Waals surface area contributed by atoms with Crippen LogP contribution in [0.3, 0.4) is 0 Å². The van der Waals surface area contributed by atoms with E-state index >= 15 is 0 Å². The number of benzene rings is 1. The van der Waals surface area contributed by atoms with Gasteiger partial charge in [0.2, 0.25) is 11.8 Å². The van der Waals surface area contributed by atoms with Crippen LogP contribution in [0.1, 0.15) is 44.6 Å². The fraction of sp³-hybridized carbons (Fsp3) is 0.550. The van der Waals surface area contributed by atoms with Crippen molar-refractivity contribution >= 4 is 40.7 Å². The first-order valence-electron chi connectivity index (χ1n) is 9.63. The summed E-state index contributed by atoms with van der Waals surface area (Å²) >= 11 is 11.4. The van der Waals surface area contributed by atoms with E-state index in [2.05, 4.69) is 17.6 Å². The number of hydrogen-bond acceptors (Lipinski definition) is 3. The van der Waals surface area contributed by atoms with Crippen LogP contribution in [0.4, 0.5) is 0 Å². The summed E-state index contributed by atoms with van der Waals surface area (Å²) in [6.45, 7) is 3.26. The van der Waals surface area contributed by atoms with E-state index in [1.165, 1.54) is 0 Å². The molecule has 1 saturated heterocycles. The summed E-state index contributed by atoms with van der Waals surface area (Å²) in [6, 6.07) is 7.38. The average molecular weight is 408 g/mol. The summed E-state index contributed by atoms with van der Waals surface area (Å²) < 4.78 is 0. The lowest BCUT2D eigenvalue weighted by Gasteiger charge is -2.43. The smallest absolute Gasteiger partial charge is 0.234 e. The molecule has 1 saturated carbocycles. The lowest BCUT2D eigenvalue weighted by atomic mass is 9.76. The van der Waals surface area contributed by atoms with E-state index in [0.717, 1.165) is 31.4 Å². The van der Waals surface area contributed by atoms with E-state index in [9.17, 15) is 9.59 Å². The van der Waals surface area contributed by atoms with Crippen molar-refractivity contribution in [3.8, 4) is 0 Å². The number of rotatable bonds is 6. The molecule has 1 heterocycles. The maximum absolute atomic E-state index is 13.0. The third-order valence-electron chi connectivity index (χ3n) is 5.44. The molecular formula is C20H26ClN3O2S. The Labute approximate surface area is 170 Å². The van der Waals surface area contributed by atoms with Crippen molar-refractivity contribution in [1.82, 2.24) is 15.5 Å². The highest BCUT2D eigenvalue weighted by molar-refractivity contribution is 7.80. The normalized spacial score (nSPS) is 25.0. The topological polar surface area (TPSA) is 61.4 Å². The van der Waals surface area contributed by atoms with Crippen LogP contribution in [0.5, 0.6) is 0 Å². The van der Waals surface area contributed by atoms with Gasteiger partial charge in [-0.25, -0.2) is 0 Å². The standard InChI is InChI=1S/C20H26ClN3O2S/c1-2-3-10-22-18(25)14-6-9-16-17(11-14)23-20(27)24(19(16)26)12-13-4-7-15(21)8-5-13/h4-5,7-8,14,16-17H,2-3,6,9-12H2,1H3,(H,22,25)(H,23,27). The average Bonchev–Trinajstić information content (AvgIpc) is 2.66. The molecule has 7 heteroatoms. The maximum Gasteiger partial charge on any atom is 0.234 e. The summed E-state index contributed by atoms with van der Waals surface area (Å²) in [6.07, 6.45) is 4.16. The molecule has 2 fully saturated rings. The number of carbonyl (C=O) groups is 2. The highest BCUT2D eigenvalue weighted by Crippen LogP contribution is 2.33. The Balaban J connectivity index is 1.61. The number of nitrogens with zero attached hydrogens (tertiary/aromatic N) is 1. The fourth-order valence-electron chi connectivity index (χ4n) is 3.86. The molecule has 3 atom stereocenters. The molecule has 3 rings (SSSR count). The Kier molecular flexibility index (Phi) is 6.71. The number of nitrogens with one attached hydrogen (secondary N) is 2. The van der Waals surface area contributed by atoms with Crippen molar-refractivity contribution in [2.45, 2.75) is 51.6 Å². The molecule has 1 aromatic carbocycles. The minimum Gasteiger partial charge on any atom is -0.359 e. The van der Waals surface area contributed by atoms with Gasteiger partial charge in [-0.1, -0.05) is 37.1 Å². The number of halogens is 1. The first-order chi connectivity index (χ1) is 13.0. The van der Waals surface area contributed by atoms with Crippen LogP contribution in [0.2, 0.25) is 5.02 Å². The van der Waals surface area contributed by atoms with E-state index in [0.29, 0.717) is 29.5 Å². The summed E-state index contributed by atoms with van der Waals surface area (Å²) in [5, 5.41) is 7.44. The maximum atomic E-state index is 13.0. The van der Waals surface area contributed by atoms with Crippen molar-refractivity contribution in [2.24, 2.45) is 11.8 Å². The van der Waals surface area contributed by atoms with E-state index in [1.54, 1.807) is 4.90 Å². The number of carbonyl (C=O) groups excluding carboxylic acids is 2. The van der Waals surface area contributed by atoms with Crippen molar-refractivity contribution in [3.05, 3.63) is 34.9 Å². The zero-order valence-electron chi connectivity index (χ0n) is 15.5. The Morgan fingerprint density at radius 2 is 2.07 bits per heavy atom. The van der Waals surface area contributed by atoms with Gasteiger partial charge in [0.25, 0.3) is 0 Å². The number of unbranched alkanes of at least 4 members (excludes halogenated alkanes) is 1. The van der Waals surface area contributed by atoms with Crippen LogP contribution in [-0.4, -0.2) is 34.4 Å². The van der Waals surface area contributed by atoms with Crippen LogP contribution < -0.4 is 10.6 Å². The van der Waals surface area contributed by atoms with Gasteiger partial charge in [0.05, 0.1) is 12.5 Å². The van der Waals surface area contributed by atoms with Gasteiger partial charge in [-0.3, -0.25) is 14.5 Å². The molecule has 1 aliphatic heterocycles. The van der Waals surface area contributed by atoms with Crippen molar-refractivity contribution < 1.29 is 9.59 Å². The quantitative estimate of drug-likeness (QED) is 0.561. The molecule has 0 aromatic heterocycles. The van der Waals surface area contributed by atoms with Gasteiger partial charge in [-0.05, 0) is 55.6 Å².